The second-order valence-electron chi connectivity index (χ2n) is 4.48. The van der Waals surface area contributed by atoms with E-state index in [0.717, 1.165) is 29.9 Å². The minimum Gasteiger partial charge on any atom is -0.466 e. The maximum Gasteiger partial charge on any atom is 0.110 e. The molecule has 0 fully saturated rings. The maximum atomic E-state index is 10.2. The summed E-state index contributed by atoms with van der Waals surface area (Å²) in [6.07, 6.45) is 1.79. The van der Waals surface area contributed by atoms with E-state index >= 15 is 0 Å². The third-order valence-electron chi connectivity index (χ3n) is 2.79. The first-order chi connectivity index (χ1) is 6.99. The monoisotopic (exact) mass is 210 g/mol. The van der Waals surface area contributed by atoms with Crippen LogP contribution in [0, 0.1) is 12.8 Å². The van der Waals surface area contributed by atoms with Gasteiger partial charge in [0.15, 0.2) is 0 Å². The van der Waals surface area contributed by atoms with E-state index in [1.165, 1.54) is 0 Å². The van der Waals surface area contributed by atoms with Gasteiger partial charge >= 0.3 is 0 Å². The molecule has 1 N–H and O–H groups in total. The number of rotatable bonds is 0. The largest absolute Gasteiger partial charge is 0.466 e. The second kappa shape index (κ2) is 4.40. The number of fused-ring (bicyclic) bond motifs is 1. The summed E-state index contributed by atoms with van der Waals surface area (Å²) in [7, 11) is 0. The SMILES string of the molecule is CC.Cc1cc2c(o1)CC(C)CC2(C)O. The zero-order valence-electron chi connectivity index (χ0n) is 10.4. The van der Waals surface area contributed by atoms with Gasteiger partial charge in [-0.2, -0.15) is 0 Å². The van der Waals surface area contributed by atoms with Crippen LogP contribution >= 0.6 is 0 Å². The highest BCUT2D eigenvalue weighted by molar-refractivity contribution is 5.30. The molecule has 2 nitrogen and oxygen atoms in total. The van der Waals surface area contributed by atoms with Gasteiger partial charge in [-0.05, 0) is 32.3 Å². The van der Waals surface area contributed by atoms with Crippen molar-refractivity contribution < 1.29 is 9.52 Å². The Morgan fingerprint density at radius 3 is 2.67 bits per heavy atom. The average Bonchev–Trinajstić information content (AvgIpc) is 2.49. The van der Waals surface area contributed by atoms with E-state index in [0.29, 0.717) is 5.92 Å². The van der Waals surface area contributed by atoms with Crippen molar-refractivity contribution >= 4 is 0 Å². The third-order valence-corrected chi connectivity index (χ3v) is 2.79. The molecule has 86 valence electrons. The number of hydrogen-bond donors (Lipinski definition) is 1. The van der Waals surface area contributed by atoms with E-state index in [4.69, 9.17) is 4.42 Å². The van der Waals surface area contributed by atoms with Gasteiger partial charge in [-0.1, -0.05) is 20.8 Å². The van der Waals surface area contributed by atoms with Crippen LogP contribution in [0.2, 0.25) is 0 Å². The van der Waals surface area contributed by atoms with Crippen LogP contribution in [-0.2, 0) is 12.0 Å². The molecular formula is C13H22O2. The Bertz CT molecular complexity index is 323. The van der Waals surface area contributed by atoms with E-state index in [1.807, 2.05) is 33.8 Å². The Kier molecular flexibility index (Phi) is 3.61. The van der Waals surface area contributed by atoms with Crippen LogP contribution in [0.3, 0.4) is 0 Å². The molecule has 2 rings (SSSR count). The molecule has 1 aromatic rings. The van der Waals surface area contributed by atoms with Crippen molar-refractivity contribution in [2.75, 3.05) is 0 Å². The molecule has 0 saturated carbocycles. The molecule has 0 amide bonds. The molecule has 1 aliphatic carbocycles. The summed E-state index contributed by atoms with van der Waals surface area (Å²) in [6.45, 7) is 9.95. The highest BCUT2D eigenvalue weighted by Gasteiger charge is 2.35. The van der Waals surface area contributed by atoms with Gasteiger partial charge in [-0.25, -0.2) is 0 Å². The van der Waals surface area contributed by atoms with Gasteiger partial charge in [0, 0.05) is 12.0 Å². The third kappa shape index (κ3) is 2.43. The molecule has 0 aromatic carbocycles. The van der Waals surface area contributed by atoms with Gasteiger partial charge in [-0.3, -0.25) is 0 Å². The molecule has 0 radical (unpaired) electrons. The smallest absolute Gasteiger partial charge is 0.110 e. The minimum atomic E-state index is -0.690. The molecule has 0 saturated heterocycles. The molecule has 1 aromatic heterocycles. The van der Waals surface area contributed by atoms with Gasteiger partial charge < -0.3 is 9.52 Å². The van der Waals surface area contributed by atoms with Crippen molar-refractivity contribution in [3.63, 3.8) is 0 Å². The summed E-state index contributed by atoms with van der Waals surface area (Å²) in [6, 6.07) is 1.96. The fourth-order valence-electron chi connectivity index (χ4n) is 2.35. The fourth-order valence-corrected chi connectivity index (χ4v) is 2.35. The van der Waals surface area contributed by atoms with Crippen molar-refractivity contribution in [1.29, 1.82) is 0 Å². The van der Waals surface area contributed by atoms with Gasteiger partial charge in [0.05, 0.1) is 5.60 Å². The molecule has 0 bridgehead atoms. The summed E-state index contributed by atoms with van der Waals surface area (Å²) in [4.78, 5) is 0. The molecule has 1 aliphatic rings. The van der Waals surface area contributed by atoms with Crippen LogP contribution in [0.25, 0.3) is 0 Å². The van der Waals surface area contributed by atoms with E-state index in [9.17, 15) is 5.11 Å². The highest BCUT2D eigenvalue weighted by Crippen LogP contribution is 2.39. The molecule has 1 heterocycles. The first kappa shape index (κ1) is 12.3. The van der Waals surface area contributed by atoms with Crippen LogP contribution < -0.4 is 0 Å². The minimum absolute atomic E-state index is 0.507. The molecule has 0 spiro atoms. The summed E-state index contributed by atoms with van der Waals surface area (Å²) in [5.41, 5.74) is 0.299. The second-order valence-corrected chi connectivity index (χ2v) is 4.48. The lowest BCUT2D eigenvalue weighted by Gasteiger charge is -2.31. The maximum absolute atomic E-state index is 10.2. The lowest BCUT2D eigenvalue weighted by Crippen LogP contribution is -2.29. The molecular weight excluding hydrogens is 188 g/mol. The standard InChI is InChI=1S/C11H16O2.C2H6/c1-7-4-10-9(5-8(2)13-10)11(3,12)6-7;1-2/h5,7,12H,4,6H2,1-3H3;1-2H3. The first-order valence-electron chi connectivity index (χ1n) is 5.81. The predicted molar refractivity (Wildman–Crippen MR) is 61.8 cm³/mol. The summed E-state index contributed by atoms with van der Waals surface area (Å²) < 4.78 is 5.55. The summed E-state index contributed by atoms with van der Waals surface area (Å²) in [5.74, 6) is 2.38. The van der Waals surface area contributed by atoms with Crippen molar-refractivity contribution in [3.05, 3.63) is 23.2 Å². The Hall–Kier alpha value is -0.760. The number of aryl methyl sites for hydroxylation is 1. The lowest BCUT2D eigenvalue weighted by molar-refractivity contribution is 0.0205. The zero-order chi connectivity index (χ0) is 11.6. The predicted octanol–water partition coefficient (Wildman–Crippen LogP) is 3.40. The Morgan fingerprint density at radius 1 is 1.47 bits per heavy atom. The zero-order valence-corrected chi connectivity index (χ0v) is 10.4. The van der Waals surface area contributed by atoms with Crippen LogP contribution in [0.5, 0.6) is 0 Å². The molecule has 2 atom stereocenters. The average molecular weight is 210 g/mol. The summed E-state index contributed by atoms with van der Waals surface area (Å²) in [5, 5.41) is 10.2. The van der Waals surface area contributed by atoms with Gasteiger partial charge in [0.25, 0.3) is 0 Å². The molecule has 15 heavy (non-hydrogen) atoms. The van der Waals surface area contributed by atoms with E-state index in [-0.39, 0.29) is 0 Å². The number of aliphatic hydroxyl groups is 1. The Morgan fingerprint density at radius 2 is 2.07 bits per heavy atom. The van der Waals surface area contributed by atoms with Crippen LogP contribution in [0.1, 0.15) is 51.2 Å². The Labute approximate surface area is 92.3 Å². The summed E-state index contributed by atoms with van der Waals surface area (Å²) >= 11 is 0. The van der Waals surface area contributed by atoms with Crippen molar-refractivity contribution in [3.8, 4) is 0 Å². The first-order valence-corrected chi connectivity index (χ1v) is 5.81. The quantitative estimate of drug-likeness (QED) is 0.712. The molecule has 2 unspecified atom stereocenters. The highest BCUT2D eigenvalue weighted by atomic mass is 16.3. The van der Waals surface area contributed by atoms with E-state index in [2.05, 4.69) is 6.92 Å². The van der Waals surface area contributed by atoms with Crippen molar-refractivity contribution in [1.82, 2.24) is 0 Å². The number of furan rings is 1. The van der Waals surface area contributed by atoms with Crippen LogP contribution in [0.15, 0.2) is 10.5 Å². The van der Waals surface area contributed by atoms with Gasteiger partial charge in [0.1, 0.15) is 11.5 Å². The van der Waals surface area contributed by atoms with Gasteiger partial charge in [-0.15, -0.1) is 0 Å². The van der Waals surface area contributed by atoms with Crippen LogP contribution in [0.4, 0.5) is 0 Å². The van der Waals surface area contributed by atoms with Crippen molar-refractivity contribution in [2.24, 2.45) is 5.92 Å². The van der Waals surface area contributed by atoms with Gasteiger partial charge in [0.2, 0.25) is 0 Å². The van der Waals surface area contributed by atoms with Crippen molar-refractivity contribution in [2.45, 2.75) is 53.1 Å². The fraction of sp³-hybridized carbons (Fsp3) is 0.692. The normalized spacial score (nSPS) is 29.1. The van der Waals surface area contributed by atoms with E-state index in [1.54, 1.807) is 0 Å². The molecule has 0 aliphatic heterocycles. The number of hydrogen-bond acceptors (Lipinski definition) is 2. The molecule has 2 heteroatoms. The topological polar surface area (TPSA) is 33.4 Å². The van der Waals surface area contributed by atoms with E-state index < -0.39 is 5.60 Å². The van der Waals surface area contributed by atoms with Crippen LogP contribution in [-0.4, -0.2) is 5.11 Å². The lowest BCUT2D eigenvalue weighted by atomic mass is 9.79. The Balaban J connectivity index is 0.000000531.